The maximum atomic E-state index is 8.88. The first-order valence-corrected chi connectivity index (χ1v) is 2.35. The van der Waals surface area contributed by atoms with Crippen molar-refractivity contribution in [2.24, 2.45) is 0 Å². The van der Waals surface area contributed by atoms with Crippen LogP contribution in [0.25, 0.3) is 0 Å². The Labute approximate surface area is 118 Å². The molecule has 0 heterocycles. The van der Waals surface area contributed by atoms with E-state index in [1.807, 2.05) is 0 Å². The van der Waals surface area contributed by atoms with Crippen LogP contribution in [0, 0.1) is 41.3 Å². The normalized spacial score (nSPS) is 8.43. The van der Waals surface area contributed by atoms with Gasteiger partial charge in [-0.1, -0.05) is 0 Å². The summed E-state index contributed by atoms with van der Waals surface area (Å²) in [4.78, 5) is 21.6. The molecule has 7 heteroatoms. The van der Waals surface area contributed by atoms with Gasteiger partial charge in [0.2, 0.25) is 0 Å². The van der Waals surface area contributed by atoms with Crippen LogP contribution in [0.3, 0.4) is 0 Å². The van der Waals surface area contributed by atoms with Gasteiger partial charge in [0.25, 0.3) is 0 Å². The van der Waals surface area contributed by atoms with Crippen LogP contribution in [0.2, 0.25) is 0 Å². The molecule has 0 saturated carbocycles. The van der Waals surface area contributed by atoms with Crippen molar-refractivity contribution >= 4 is 7.82 Å². The smallest absolute Gasteiger partial charge is 1.00 e. The fourth-order valence-corrected chi connectivity index (χ4v) is 0. The molecule has 0 spiro atoms. The van der Waals surface area contributed by atoms with Gasteiger partial charge in [0, 0.05) is 41.3 Å². The second-order valence-corrected chi connectivity index (χ2v) is 1.54. The van der Waals surface area contributed by atoms with Crippen LogP contribution in [-0.4, -0.2) is 14.7 Å². The largest absolute Gasteiger partial charge is 1.00 e. The Kier molecular flexibility index (Phi) is 17.1. The van der Waals surface area contributed by atoms with Gasteiger partial charge < -0.3 is 16.1 Å². The van der Waals surface area contributed by atoms with Crippen molar-refractivity contribution in [3.8, 4) is 0 Å². The first-order valence-electron chi connectivity index (χ1n) is 0.783. The Hall–Kier alpha value is 3.11. The molecule has 0 aliphatic heterocycles. The summed E-state index contributed by atoms with van der Waals surface area (Å²) in [6.07, 6.45) is 0. The van der Waals surface area contributed by atoms with Crippen LogP contribution in [0.15, 0.2) is 0 Å². The third-order valence-corrected chi connectivity index (χ3v) is 0. The summed E-state index contributed by atoms with van der Waals surface area (Å²) in [6, 6.07) is 0. The molecule has 0 amide bonds. The average molecular weight is 279 g/mol. The van der Waals surface area contributed by atoms with E-state index in [1.54, 1.807) is 0 Å². The fourth-order valence-electron chi connectivity index (χ4n) is 0. The molecule has 0 aromatic carbocycles. The summed E-state index contributed by atoms with van der Waals surface area (Å²) in [5.41, 5.74) is 0. The molecule has 0 aliphatic rings. The summed E-state index contributed by atoms with van der Waals surface area (Å²) >= 11 is 0. The topological polar surface area (TPSA) is 77.8 Å². The molecule has 0 aromatic rings. The molecule has 0 atom stereocenters. The molecular weight excluding hydrogens is 275 g/mol. The van der Waals surface area contributed by atoms with Gasteiger partial charge in [-0.15, -0.1) is 0 Å². The molecule has 1 radical (unpaired) electrons. The predicted molar refractivity (Wildman–Crippen MR) is 15.4 cm³/mol. The average Bonchev–Trinajstić information content (AvgIpc) is 0.722. The van der Waals surface area contributed by atoms with Crippen LogP contribution in [0.1, 0.15) is 1.43 Å². The van der Waals surface area contributed by atoms with Crippen LogP contribution >= 0.6 is 7.82 Å². The summed E-state index contributed by atoms with van der Waals surface area (Å²) in [7, 11) is -4.64. The van der Waals surface area contributed by atoms with Crippen LogP contribution in [-0.2, 0) is 4.57 Å². The van der Waals surface area contributed by atoms with Gasteiger partial charge >= 0.3 is 59.2 Å². The molecule has 0 fully saturated rings. The number of rotatable bonds is 0. The third-order valence-electron chi connectivity index (χ3n) is 0. The summed E-state index contributed by atoms with van der Waals surface area (Å²) < 4.78 is 8.88. The number of phosphoric acid groups is 1. The fraction of sp³-hybridized carbons (Fsp3) is 0. The van der Waals surface area contributed by atoms with Gasteiger partial charge in [-0.2, -0.15) is 0 Å². The van der Waals surface area contributed by atoms with Crippen molar-refractivity contribution in [2.45, 2.75) is 0 Å². The first kappa shape index (κ1) is 16.6. The molecule has 37 valence electrons. The Morgan fingerprint density at radius 3 is 1.29 bits per heavy atom. The number of hydrogen-bond donors (Lipinski definition) is 3. The zero-order valence-electron chi connectivity index (χ0n) is 4.77. The summed E-state index contributed by atoms with van der Waals surface area (Å²) in [5, 5.41) is 0. The zero-order valence-corrected chi connectivity index (χ0v) is 11.5. The van der Waals surface area contributed by atoms with Crippen LogP contribution in [0.5, 0.6) is 0 Å². The first-order chi connectivity index (χ1) is 2.00. The molecule has 0 rings (SSSR count). The predicted octanol–water partition coefficient (Wildman–Crippen LogP) is -3.81. The van der Waals surface area contributed by atoms with E-state index in [0.717, 1.165) is 0 Å². The van der Waals surface area contributed by atoms with E-state index in [2.05, 4.69) is 0 Å². The van der Waals surface area contributed by atoms with E-state index in [9.17, 15) is 0 Å². The van der Waals surface area contributed by atoms with Gasteiger partial charge in [-0.3, -0.25) is 0 Å². The van der Waals surface area contributed by atoms with Crippen molar-refractivity contribution < 1.29 is 113 Å². The Bertz CT molecular complexity index is 62.2. The Morgan fingerprint density at radius 1 is 1.29 bits per heavy atom. The van der Waals surface area contributed by atoms with Gasteiger partial charge in [0.15, 0.2) is 0 Å². The third kappa shape index (κ3) is 47.6. The minimum atomic E-state index is -4.64. The van der Waals surface area contributed by atoms with Gasteiger partial charge in [-0.05, 0) is 0 Å². The second kappa shape index (κ2) is 7.22. The maximum Gasteiger partial charge on any atom is 1.00 e. The maximum absolute atomic E-state index is 8.88. The van der Waals surface area contributed by atoms with E-state index in [4.69, 9.17) is 19.2 Å². The molecule has 3 N–H and O–H groups in total. The van der Waals surface area contributed by atoms with E-state index in [0.29, 0.717) is 0 Å². The minimum absolute atomic E-state index is 0. The van der Waals surface area contributed by atoms with Crippen LogP contribution in [0.4, 0.5) is 0 Å². The molecule has 0 aliphatic carbocycles. The summed E-state index contributed by atoms with van der Waals surface area (Å²) in [5.74, 6) is 0. The molecule has 4 nitrogen and oxygen atoms in total. The van der Waals surface area contributed by atoms with Crippen molar-refractivity contribution in [3.63, 3.8) is 0 Å². The molecule has 7 heavy (non-hydrogen) atoms. The summed E-state index contributed by atoms with van der Waals surface area (Å²) in [6.45, 7) is 0. The van der Waals surface area contributed by atoms with Crippen molar-refractivity contribution in [3.05, 3.63) is 0 Å². The number of hydrogen-bond acceptors (Lipinski definition) is 1. The zero-order chi connectivity index (χ0) is 4.50. The van der Waals surface area contributed by atoms with Gasteiger partial charge in [0.1, 0.15) is 0 Å². The second-order valence-electron chi connectivity index (χ2n) is 0.513. The SMILES string of the molecule is O=P(O)(O)O.[H-].[K+].[Pr]. The van der Waals surface area contributed by atoms with E-state index in [1.165, 1.54) is 0 Å². The minimum Gasteiger partial charge on any atom is -1.00 e. The van der Waals surface area contributed by atoms with Gasteiger partial charge in [0.05, 0.1) is 0 Å². The van der Waals surface area contributed by atoms with Gasteiger partial charge in [-0.25, -0.2) is 4.57 Å². The quantitative estimate of drug-likeness (QED) is 0.314. The van der Waals surface area contributed by atoms with E-state index >= 15 is 0 Å². The standard InChI is InChI=1S/K.H3O4P.Pr.H/c;1-5(2,3)4;;/h;(H3,1,2,3,4);;/q+1;;;-1. The molecule has 0 saturated heterocycles. The Balaban J connectivity index is -0.0000000267. The molecule has 0 unspecified atom stereocenters. The van der Waals surface area contributed by atoms with E-state index < -0.39 is 7.82 Å². The van der Waals surface area contributed by atoms with Crippen molar-refractivity contribution in [1.29, 1.82) is 0 Å². The molecular formula is H4KO4PPr. The Morgan fingerprint density at radius 2 is 1.29 bits per heavy atom. The van der Waals surface area contributed by atoms with Crippen molar-refractivity contribution in [2.75, 3.05) is 0 Å². The van der Waals surface area contributed by atoms with E-state index in [-0.39, 0.29) is 94.1 Å². The molecule has 0 bridgehead atoms. The molecule has 0 aromatic heterocycles. The van der Waals surface area contributed by atoms with Crippen molar-refractivity contribution in [1.82, 2.24) is 0 Å². The monoisotopic (exact) mass is 279 g/mol. The van der Waals surface area contributed by atoms with Crippen LogP contribution < -0.4 is 51.4 Å².